The van der Waals surface area contributed by atoms with Crippen LogP contribution in [0.2, 0.25) is 0 Å². The van der Waals surface area contributed by atoms with Gasteiger partial charge >= 0.3 is 0 Å². The zero-order valence-corrected chi connectivity index (χ0v) is 15.4. The molecule has 136 valence electrons. The van der Waals surface area contributed by atoms with Crippen LogP contribution in [0.5, 0.6) is 0 Å². The molecule has 0 saturated heterocycles. The van der Waals surface area contributed by atoms with Gasteiger partial charge in [0.1, 0.15) is 17.2 Å². The maximum atomic E-state index is 14.0. The Morgan fingerprint density at radius 3 is 2.65 bits per heavy atom. The standard InChI is InChI=1S/C19H19F2N3OS/c1-23(2)10-5-11-24(18(25)13-6-3-7-14(20)12-13)19-22-17-15(21)8-4-9-16(17)26-19/h3-4,6-9,12H,5,10-11H2,1-2H3/p+1. The van der Waals surface area contributed by atoms with Crippen molar-refractivity contribution in [2.75, 3.05) is 32.1 Å². The van der Waals surface area contributed by atoms with E-state index in [0.29, 0.717) is 16.4 Å². The molecule has 2 aromatic carbocycles. The Kier molecular flexibility index (Phi) is 5.58. The van der Waals surface area contributed by atoms with Gasteiger partial charge < -0.3 is 4.90 Å². The molecule has 0 atom stereocenters. The molecule has 4 nitrogen and oxygen atoms in total. The van der Waals surface area contributed by atoms with Gasteiger partial charge in [0.25, 0.3) is 5.91 Å². The van der Waals surface area contributed by atoms with E-state index in [0.717, 1.165) is 13.0 Å². The van der Waals surface area contributed by atoms with Gasteiger partial charge in [0, 0.05) is 18.5 Å². The maximum Gasteiger partial charge on any atom is 0.260 e. The minimum atomic E-state index is -0.469. The summed E-state index contributed by atoms with van der Waals surface area (Å²) in [6, 6.07) is 10.3. The van der Waals surface area contributed by atoms with Gasteiger partial charge in [-0.25, -0.2) is 13.8 Å². The summed E-state index contributed by atoms with van der Waals surface area (Å²) in [6.07, 6.45) is 0.752. The largest absolute Gasteiger partial charge is 0.340 e. The first-order chi connectivity index (χ1) is 12.5. The van der Waals surface area contributed by atoms with E-state index < -0.39 is 11.6 Å². The van der Waals surface area contributed by atoms with Crippen molar-refractivity contribution in [3.05, 3.63) is 59.7 Å². The van der Waals surface area contributed by atoms with Gasteiger partial charge in [0.2, 0.25) is 0 Å². The number of benzene rings is 2. The first kappa shape index (κ1) is 18.4. The summed E-state index contributed by atoms with van der Waals surface area (Å²) in [6.45, 7) is 1.30. The SMILES string of the molecule is C[NH+](C)CCCN(C(=O)c1cccc(F)c1)c1nc2c(F)cccc2s1. The number of rotatable bonds is 6. The molecule has 26 heavy (non-hydrogen) atoms. The number of nitrogens with one attached hydrogen (secondary N) is 1. The molecule has 0 spiro atoms. The van der Waals surface area contributed by atoms with Crippen molar-refractivity contribution >= 4 is 32.6 Å². The lowest BCUT2D eigenvalue weighted by Crippen LogP contribution is -3.05. The Morgan fingerprint density at radius 1 is 1.19 bits per heavy atom. The topological polar surface area (TPSA) is 37.6 Å². The summed E-state index contributed by atoms with van der Waals surface area (Å²) in [5, 5.41) is 0.424. The quantitative estimate of drug-likeness (QED) is 0.718. The number of halogens is 2. The molecular formula is C19H20F2N3OS+. The van der Waals surface area contributed by atoms with Gasteiger partial charge in [0.15, 0.2) is 5.13 Å². The van der Waals surface area contributed by atoms with Crippen LogP contribution < -0.4 is 9.80 Å². The van der Waals surface area contributed by atoms with E-state index >= 15 is 0 Å². The van der Waals surface area contributed by atoms with E-state index in [1.165, 1.54) is 45.4 Å². The number of thiazole rings is 1. The number of hydrogen-bond acceptors (Lipinski definition) is 3. The van der Waals surface area contributed by atoms with Gasteiger partial charge in [-0.3, -0.25) is 9.69 Å². The lowest BCUT2D eigenvalue weighted by molar-refractivity contribution is -0.858. The molecule has 0 saturated carbocycles. The predicted molar refractivity (Wildman–Crippen MR) is 99.9 cm³/mol. The highest BCUT2D eigenvalue weighted by atomic mass is 32.1. The third-order valence-electron chi connectivity index (χ3n) is 3.96. The maximum absolute atomic E-state index is 14.0. The Hall–Kier alpha value is -2.38. The summed E-state index contributed by atoms with van der Waals surface area (Å²) >= 11 is 1.26. The van der Waals surface area contributed by atoms with Gasteiger partial charge in [-0.2, -0.15) is 0 Å². The zero-order chi connectivity index (χ0) is 18.7. The third-order valence-corrected chi connectivity index (χ3v) is 5.01. The number of carbonyl (C=O) groups is 1. The smallest absolute Gasteiger partial charge is 0.260 e. The molecule has 0 bridgehead atoms. The van der Waals surface area contributed by atoms with Crippen LogP contribution in [0.4, 0.5) is 13.9 Å². The van der Waals surface area contributed by atoms with Crippen LogP contribution in [0, 0.1) is 11.6 Å². The van der Waals surface area contributed by atoms with E-state index in [2.05, 4.69) is 4.98 Å². The third kappa shape index (κ3) is 4.05. The normalized spacial score (nSPS) is 11.3. The number of quaternary nitrogens is 1. The number of nitrogens with zero attached hydrogens (tertiary/aromatic N) is 2. The fourth-order valence-corrected chi connectivity index (χ4v) is 3.68. The molecule has 0 fully saturated rings. The molecule has 1 heterocycles. The van der Waals surface area contributed by atoms with Crippen LogP contribution in [-0.4, -0.2) is 38.1 Å². The minimum absolute atomic E-state index is 0.252. The highest BCUT2D eigenvalue weighted by molar-refractivity contribution is 7.22. The van der Waals surface area contributed by atoms with Crippen LogP contribution in [0.3, 0.4) is 0 Å². The van der Waals surface area contributed by atoms with E-state index in [4.69, 9.17) is 0 Å². The van der Waals surface area contributed by atoms with Crippen molar-refractivity contribution in [3.63, 3.8) is 0 Å². The second-order valence-electron chi connectivity index (χ2n) is 6.36. The number of aromatic nitrogens is 1. The van der Waals surface area contributed by atoms with Gasteiger partial charge in [-0.05, 0) is 30.3 Å². The van der Waals surface area contributed by atoms with Crippen molar-refractivity contribution in [2.45, 2.75) is 6.42 Å². The number of para-hydroxylation sites is 1. The predicted octanol–water partition coefficient (Wildman–Crippen LogP) is 2.76. The molecule has 0 aliphatic heterocycles. The Labute approximate surface area is 154 Å². The van der Waals surface area contributed by atoms with Gasteiger partial charge in [0.05, 0.1) is 25.3 Å². The summed E-state index contributed by atoms with van der Waals surface area (Å²) < 4.78 is 28.2. The number of fused-ring (bicyclic) bond motifs is 1. The average Bonchev–Trinajstić information content (AvgIpc) is 3.03. The Balaban J connectivity index is 1.96. The molecule has 0 aliphatic carbocycles. The fraction of sp³-hybridized carbons (Fsp3) is 0.263. The average molecular weight is 376 g/mol. The van der Waals surface area contributed by atoms with E-state index in [1.54, 1.807) is 18.2 Å². The van der Waals surface area contributed by atoms with Crippen molar-refractivity contribution in [1.29, 1.82) is 0 Å². The van der Waals surface area contributed by atoms with E-state index in [9.17, 15) is 13.6 Å². The van der Waals surface area contributed by atoms with Gasteiger partial charge in [-0.15, -0.1) is 0 Å². The summed E-state index contributed by atoms with van der Waals surface area (Å²) in [5.74, 6) is -1.22. The number of carbonyl (C=O) groups excluding carboxylic acids is 1. The van der Waals surface area contributed by atoms with Crippen LogP contribution in [0.15, 0.2) is 42.5 Å². The lowest BCUT2D eigenvalue weighted by atomic mass is 10.2. The second kappa shape index (κ2) is 7.88. The minimum Gasteiger partial charge on any atom is -0.340 e. The molecule has 3 aromatic rings. The highest BCUT2D eigenvalue weighted by Gasteiger charge is 2.22. The lowest BCUT2D eigenvalue weighted by Gasteiger charge is -2.20. The summed E-state index contributed by atoms with van der Waals surface area (Å²) in [5.41, 5.74) is 0.504. The number of amides is 1. The van der Waals surface area contributed by atoms with Crippen LogP contribution >= 0.6 is 11.3 Å². The number of anilines is 1. The molecule has 1 aromatic heterocycles. The first-order valence-electron chi connectivity index (χ1n) is 8.37. The number of hydrogen-bond donors (Lipinski definition) is 1. The first-order valence-corrected chi connectivity index (χ1v) is 9.19. The van der Waals surface area contributed by atoms with Crippen LogP contribution in [0.25, 0.3) is 10.2 Å². The molecule has 0 aliphatic rings. The van der Waals surface area contributed by atoms with Crippen molar-refractivity contribution < 1.29 is 18.5 Å². The molecule has 0 unspecified atom stereocenters. The summed E-state index contributed by atoms with van der Waals surface area (Å²) in [4.78, 5) is 20.1. The van der Waals surface area contributed by atoms with Crippen LogP contribution in [-0.2, 0) is 0 Å². The van der Waals surface area contributed by atoms with Crippen molar-refractivity contribution in [1.82, 2.24) is 4.98 Å². The Bertz CT molecular complexity index is 926. The highest BCUT2D eigenvalue weighted by Crippen LogP contribution is 2.31. The molecule has 3 rings (SSSR count). The zero-order valence-electron chi connectivity index (χ0n) is 14.6. The van der Waals surface area contributed by atoms with Gasteiger partial charge in [-0.1, -0.05) is 23.5 Å². The van der Waals surface area contributed by atoms with Crippen molar-refractivity contribution in [2.24, 2.45) is 0 Å². The summed E-state index contributed by atoms with van der Waals surface area (Å²) in [7, 11) is 4.07. The van der Waals surface area contributed by atoms with Crippen LogP contribution in [0.1, 0.15) is 16.8 Å². The second-order valence-corrected chi connectivity index (χ2v) is 7.37. The fourth-order valence-electron chi connectivity index (χ4n) is 2.67. The van der Waals surface area contributed by atoms with E-state index in [-0.39, 0.29) is 17.0 Å². The molecule has 1 amide bonds. The molecule has 1 N–H and O–H groups in total. The molecule has 7 heteroatoms. The van der Waals surface area contributed by atoms with E-state index in [1.807, 2.05) is 14.1 Å². The van der Waals surface area contributed by atoms with Crippen molar-refractivity contribution in [3.8, 4) is 0 Å². The molecule has 0 radical (unpaired) electrons. The Morgan fingerprint density at radius 2 is 1.96 bits per heavy atom. The molecular weight excluding hydrogens is 356 g/mol. The monoisotopic (exact) mass is 376 g/mol.